The fourth-order valence-corrected chi connectivity index (χ4v) is 0.862. The average molecular weight is 167 g/mol. The molecule has 0 aliphatic rings. The zero-order valence-electron chi connectivity index (χ0n) is 6.50. The molecule has 1 aromatic rings. The maximum absolute atomic E-state index is 12.7. The van der Waals surface area contributed by atoms with Gasteiger partial charge in [-0.05, 0) is 6.07 Å². The molecular weight excluding hydrogens is 157 g/mol. The number of hydrogen-bond acceptors (Lipinski definition) is 2. The molecule has 0 radical (unpaired) electrons. The first-order chi connectivity index (χ1) is 5.75. The molecule has 0 heterocycles. The van der Waals surface area contributed by atoms with Crippen molar-refractivity contribution in [3.05, 3.63) is 35.7 Å². The molecule has 64 valence electrons. The van der Waals surface area contributed by atoms with E-state index < -0.39 is 5.82 Å². The summed E-state index contributed by atoms with van der Waals surface area (Å²) in [6, 6.07) is 4.35. The van der Waals surface area contributed by atoms with E-state index in [1.54, 1.807) is 18.2 Å². The zero-order chi connectivity index (χ0) is 8.97. The molecule has 12 heavy (non-hydrogen) atoms. The molecule has 3 N–H and O–H groups in total. The summed E-state index contributed by atoms with van der Waals surface area (Å²) < 4.78 is 12.7. The Morgan fingerprint density at radius 2 is 2.25 bits per heavy atom. The van der Waals surface area contributed by atoms with Crippen LogP contribution in [0.15, 0.2) is 24.3 Å². The highest BCUT2D eigenvalue weighted by atomic mass is 19.1. The molecular formula is C9H10FNO. The van der Waals surface area contributed by atoms with Crippen LogP contribution in [0.4, 0.5) is 4.39 Å². The summed E-state index contributed by atoms with van der Waals surface area (Å²) in [5, 5.41) is 9.16. The average Bonchev–Trinajstić information content (AvgIpc) is 2.08. The van der Waals surface area contributed by atoms with Gasteiger partial charge in [0.2, 0.25) is 0 Å². The van der Waals surface area contributed by atoms with Crippen LogP contribution >= 0.6 is 0 Å². The molecule has 2 nitrogen and oxygen atoms in total. The van der Waals surface area contributed by atoms with Crippen molar-refractivity contribution in [2.45, 2.75) is 0 Å². The van der Waals surface area contributed by atoms with Crippen LogP contribution in [-0.4, -0.2) is 11.7 Å². The Morgan fingerprint density at radius 1 is 1.50 bits per heavy atom. The minimum Gasteiger partial charge on any atom is -0.504 e. The van der Waals surface area contributed by atoms with Crippen molar-refractivity contribution in [3.63, 3.8) is 0 Å². The highest BCUT2D eigenvalue weighted by Gasteiger charge is 2.01. The van der Waals surface area contributed by atoms with Crippen molar-refractivity contribution >= 4 is 6.08 Å². The van der Waals surface area contributed by atoms with E-state index in [4.69, 9.17) is 10.8 Å². The molecule has 0 saturated carbocycles. The van der Waals surface area contributed by atoms with Gasteiger partial charge in [-0.2, -0.15) is 0 Å². The zero-order valence-corrected chi connectivity index (χ0v) is 6.50. The third-order valence-corrected chi connectivity index (χ3v) is 1.45. The van der Waals surface area contributed by atoms with Crippen molar-refractivity contribution in [1.82, 2.24) is 0 Å². The number of phenols is 1. The number of rotatable bonds is 2. The van der Waals surface area contributed by atoms with Crippen molar-refractivity contribution < 1.29 is 9.50 Å². The first-order valence-electron chi connectivity index (χ1n) is 3.60. The highest BCUT2D eigenvalue weighted by Crippen LogP contribution is 2.21. The van der Waals surface area contributed by atoms with Gasteiger partial charge in [0.15, 0.2) is 11.6 Å². The van der Waals surface area contributed by atoms with Gasteiger partial charge in [0, 0.05) is 12.1 Å². The van der Waals surface area contributed by atoms with E-state index >= 15 is 0 Å². The lowest BCUT2D eigenvalue weighted by atomic mass is 10.2. The van der Waals surface area contributed by atoms with Gasteiger partial charge in [-0.15, -0.1) is 0 Å². The van der Waals surface area contributed by atoms with Crippen LogP contribution in [0.1, 0.15) is 5.56 Å². The van der Waals surface area contributed by atoms with Gasteiger partial charge in [-0.1, -0.05) is 24.3 Å². The van der Waals surface area contributed by atoms with Crippen LogP contribution in [0.25, 0.3) is 6.08 Å². The molecule has 3 heteroatoms. The molecule has 0 saturated heterocycles. The number of hydrogen-bond donors (Lipinski definition) is 2. The Kier molecular flexibility index (Phi) is 2.82. The Balaban J connectivity index is 3.00. The fourth-order valence-electron chi connectivity index (χ4n) is 0.862. The van der Waals surface area contributed by atoms with Gasteiger partial charge >= 0.3 is 0 Å². The van der Waals surface area contributed by atoms with Crippen molar-refractivity contribution in [1.29, 1.82) is 0 Å². The molecule has 0 unspecified atom stereocenters. The van der Waals surface area contributed by atoms with Crippen LogP contribution in [0, 0.1) is 5.82 Å². The van der Waals surface area contributed by atoms with E-state index in [-0.39, 0.29) is 5.75 Å². The quantitative estimate of drug-likeness (QED) is 0.701. The summed E-state index contributed by atoms with van der Waals surface area (Å²) in [7, 11) is 0. The van der Waals surface area contributed by atoms with Crippen molar-refractivity contribution in [2.24, 2.45) is 5.73 Å². The Morgan fingerprint density at radius 3 is 2.92 bits per heavy atom. The van der Waals surface area contributed by atoms with Crippen LogP contribution in [0.3, 0.4) is 0 Å². The lowest BCUT2D eigenvalue weighted by molar-refractivity contribution is 0.431. The minimum absolute atomic E-state index is 0.331. The summed E-state index contributed by atoms with van der Waals surface area (Å²) in [6.07, 6.45) is 3.23. The van der Waals surface area contributed by atoms with Gasteiger partial charge in [0.05, 0.1) is 0 Å². The third kappa shape index (κ3) is 1.83. The standard InChI is InChI=1S/C9H10FNO/c10-8-5-1-3-7(9(8)12)4-2-6-11/h1-5,12H,6,11H2. The molecule has 0 atom stereocenters. The Labute approximate surface area is 70.1 Å². The van der Waals surface area contributed by atoms with E-state index in [2.05, 4.69) is 0 Å². The molecule has 1 rings (SSSR count). The smallest absolute Gasteiger partial charge is 0.165 e. The van der Waals surface area contributed by atoms with E-state index in [0.717, 1.165) is 0 Å². The monoisotopic (exact) mass is 167 g/mol. The second-order valence-corrected chi connectivity index (χ2v) is 2.32. The number of para-hydroxylation sites is 1. The first-order valence-corrected chi connectivity index (χ1v) is 3.60. The number of halogens is 1. The van der Waals surface area contributed by atoms with Gasteiger partial charge < -0.3 is 10.8 Å². The molecule has 1 aromatic carbocycles. The molecule has 0 aliphatic carbocycles. The van der Waals surface area contributed by atoms with Crippen molar-refractivity contribution in [3.8, 4) is 5.75 Å². The number of aromatic hydroxyl groups is 1. The Bertz CT molecular complexity index is 297. The van der Waals surface area contributed by atoms with Gasteiger partial charge in [-0.3, -0.25) is 0 Å². The topological polar surface area (TPSA) is 46.2 Å². The third-order valence-electron chi connectivity index (χ3n) is 1.45. The van der Waals surface area contributed by atoms with Crippen LogP contribution in [0.2, 0.25) is 0 Å². The second-order valence-electron chi connectivity index (χ2n) is 2.32. The van der Waals surface area contributed by atoms with E-state index in [1.165, 1.54) is 12.1 Å². The predicted octanol–water partition coefficient (Wildman–Crippen LogP) is 1.50. The molecule has 0 fully saturated rings. The molecule has 0 bridgehead atoms. The molecule has 0 aromatic heterocycles. The number of nitrogens with two attached hydrogens (primary N) is 1. The largest absolute Gasteiger partial charge is 0.504 e. The molecule has 0 aliphatic heterocycles. The molecule has 0 spiro atoms. The number of benzene rings is 1. The maximum atomic E-state index is 12.7. The first kappa shape index (κ1) is 8.74. The number of phenolic OH excluding ortho intramolecular Hbond substituents is 1. The lowest BCUT2D eigenvalue weighted by Crippen LogP contribution is -1.92. The van der Waals surface area contributed by atoms with Crippen LogP contribution in [0.5, 0.6) is 5.75 Å². The summed E-state index contributed by atoms with van der Waals surface area (Å²) in [5.74, 6) is -0.948. The van der Waals surface area contributed by atoms with Crippen molar-refractivity contribution in [2.75, 3.05) is 6.54 Å². The summed E-state index contributed by atoms with van der Waals surface area (Å²) in [5.41, 5.74) is 5.65. The SMILES string of the molecule is NCC=Cc1cccc(F)c1O. The van der Waals surface area contributed by atoms with E-state index in [1.807, 2.05) is 0 Å². The van der Waals surface area contributed by atoms with Gasteiger partial charge in [0.25, 0.3) is 0 Å². The molecule has 0 amide bonds. The lowest BCUT2D eigenvalue weighted by Gasteiger charge is -1.98. The van der Waals surface area contributed by atoms with Crippen LogP contribution < -0.4 is 5.73 Å². The van der Waals surface area contributed by atoms with E-state index in [9.17, 15) is 4.39 Å². The summed E-state index contributed by atoms with van der Waals surface area (Å²) >= 11 is 0. The van der Waals surface area contributed by atoms with E-state index in [0.29, 0.717) is 12.1 Å². The maximum Gasteiger partial charge on any atom is 0.165 e. The minimum atomic E-state index is -0.617. The summed E-state index contributed by atoms with van der Waals surface area (Å²) in [4.78, 5) is 0. The second kappa shape index (κ2) is 3.88. The summed E-state index contributed by atoms with van der Waals surface area (Å²) in [6.45, 7) is 0.371. The predicted molar refractivity (Wildman–Crippen MR) is 46.2 cm³/mol. The Hall–Kier alpha value is -1.35. The van der Waals surface area contributed by atoms with Crippen LogP contribution in [-0.2, 0) is 0 Å². The highest BCUT2D eigenvalue weighted by molar-refractivity contribution is 5.57. The fraction of sp³-hybridized carbons (Fsp3) is 0.111. The normalized spacial score (nSPS) is 10.8. The van der Waals surface area contributed by atoms with Gasteiger partial charge in [0.1, 0.15) is 0 Å². The van der Waals surface area contributed by atoms with Gasteiger partial charge in [-0.25, -0.2) is 4.39 Å².